The molecule has 0 unspecified atom stereocenters. The van der Waals surface area contributed by atoms with Gasteiger partial charge >= 0.3 is 6.18 Å². The standard InChI is InChI=1S/C22H24F3N3O4S/c1-3-33(30,31)13-12-26-15(2)20-27-19-7-5-4-6-18(19)21(29)28(20)16-8-10-17(11-9-16)32-14-22(23,24)25/h4-11,15,26H,3,12-14H2,1-2H3/t15-/m1/s1. The first-order valence-electron chi connectivity index (χ1n) is 10.3. The van der Waals surface area contributed by atoms with E-state index in [4.69, 9.17) is 4.74 Å². The van der Waals surface area contributed by atoms with E-state index in [1.54, 1.807) is 38.1 Å². The molecule has 0 amide bonds. The second-order valence-corrected chi connectivity index (χ2v) is 9.91. The molecular formula is C22H24F3N3O4S. The van der Waals surface area contributed by atoms with E-state index < -0.39 is 28.7 Å². The zero-order valence-corrected chi connectivity index (χ0v) is 18.9. The number of alkyl halides is 3. The molecular weight excluding hydrogens is 459 g/mol. The minimum absolute atomic E-state index is 0.00960. The maximum atomic E-state index is 13.3. The van der Waals surface area contributed by atoms with Crippen LogP contribution in [0.2, 0.25) is 0 Å². The second-order valence-electron chi connectivity index (χ2n) is 7.44. The molecule has 3 rings (SSSR count). The second kappa shape index (κ2) is 9.92. The first-order chi connectivity index (χ1) is 15.5. The monoisotopic (exact) mass is 483 g/mol. The molecule has 0 radical (unpaired) electrons. The summed E-state index contributed by atoms with van der Waals surface area (Å²) in [6.07, 6.45) is -4.46. The molecule has 0 saturated carbocycles. The Balaban J connectivity index is 1.97. The minimum atomic E-state index is -4.46. The van der Waals surface area contributed by atoms with Crippen LogP contribution in [0.25, 0.3) is 16.6 Å². The lowest BCUT2D eigenvalue weighted by Crippen LogP contribution is -2.32. The van der Waals surface area contributed by atoms with Crippen LogP contribution in [-0.4, -0.2) is 48.8 Å². The summed E-state index contributed by atoms with van der Waals surface area (Å²) in [5.74, 6) is 0.327. The SMILES string of the molecule is CCS(=O)(=O)CCN[C@H](C)c1nc2ccccc2c(=O)n1-c1ccc(OCC(F)(F)F)cc1. The van der Waals surface area contributed by atoms with E-state index in [1.807, 2.05) is 0 Å². The Bertz CT molecular complexity index is 1270. The van der Waals surface area contributed by atoms with Crippen LogP contribution in [0, 0.1) is 0 Å². The number of ether oxygens (including phenoxy) is 1. The molecule has 3 aromatic rings. The summed E-state index contributed by atoms with van der Waals surface area (Å²) in [7, 11) is -3.17. The smallest absolute Gasteiger partial charge is 0.422 e. The van der Waals surface area contributed by atoms with E-state index in [9.17, 15) is 26.4 Å². The Kier molecular flexibility index (Phi) is 7.43. The fourth-order valence-electron chi connectivity index (χ4n) is 3.21. The molecule has 0 aliphatic heterocycles. The van der Waals surface area contributed by atoms with Gasteiger partial charge in [0, 0.05) is 12.3 Å². The Morgan fingerprint density at radius 1 is 1.12 bits per heavy atom. The number of halogens is 3. The van der Waals surface area contributed by atoms with Crippen LogP contribution >= 0.6 is 0 Å². The lowest BCUT2D eigenvalue weighted by Gasteiger charge is -2.20. The third-order valence-electron chi connectivity index (χ3n) is 4.99. The minimum Gasteiger partial charge on any atom is -0.484 e. The lowest BCUT2D eigenvalue weighted by atomic mass is 10.2. The van der Waals surface area contributed by atoms with E-state index in [1.165, 1.54) is 28.8 Å². The molecule has 1 heterocycles. The number of nitrogens with zero attached hydrogens (tertiary/aromatic N) is 2. The van der Waals surface area contributed by atoms with Crippen molar-refractivity contribution in [2.75, 3.05) is 24.7 Å². The average molecular weight is 484 g/mol. The van der Waals surface area contributed by atoms with E-state index >= 15 is 0 Å². The average Bonchev–Trinajstić information content (AvgIpc) is 2.77. The number of sulfone groups is 1. The maximum absolute atomic E-state index is 13.3. The Morgan fingerprint density at radius 2 is 1.79 bits per heavy atom. The summed E-state index contributed by atoms with van der Waals surface area (Å²) < 4.78 is 66.9. The van der Waals surface area contributed by atoms with Crippen LogP contribution in [0.15, 0.2) is 53.3 Å². The van der Waals surface area contributed by atoms with Gasteiger partial charge in [0.1, 0.15) is 11.6 Å². The normalized spacial score (nSPS) is 13.2. The van der Waals surface area contributed by atoms with Crippen molar-refractivity contribution >= 4 is 20.7 Å². The molecule has 1 atom stereocenters. The molecule has 33 heavy (non-hydrogen) atoms. The predicted octanol–water partition coefficient (Wildman–Crippen LogP) is 3.41. The van der Waals surface area contributed by atoms with Gasteiger partial charge in [-0.05, 0) is 43.3 Å². The molecule has 11 heteroatoms. The molecule has 7 nitrogen and oxygen atoms in total. The van der Waals surface area contributed by atoms with Crippen molar-refractivity contribution < 1.29 is 26.3 Å². The molecule has 2 aromatic carbocycles. The summed E-state index contributed by atoms with van der Waals surface area (Å²) in [5, 5.41) is 3.46. The van der Waals surface area contributed by atoms with Crippen LogP contribution in [0.3, 0.4) is 0 Å². The van der Waals surface area contributed by atoms with E-state index in [-0.39, 0.29) is 29.4 Å². The number of benzene rings is 2. The van der Waals surface area contributed by atoms with Crippen LogP contribution in [0.4, 0.5) is 13.2 Å². The third kappa shape index (κ3) is 6.32. The largest absolute Gasteiger partial charge is 0.484 e. The predicted molar refractivity (Wildman–Crippen MR) is 120 cm³/mol. The molecule has 1 aromatic heterocycles. The Labute approximate surface area is 189 Å². The molecule has 0 fully saturated rings. The highest BCUT2D eigenvalue weighted by Gasteiger charge is 2.28. The van der Waals surface area contributed by atoms with Crippen LogP contribution in [0.5, 0.6) is 5.75 Å². The van der Waals surface area contributed by atoms with Crippen molar-refractivity contribution in [2.45, 2.75) is 26.1 Å². The van der Waals surface area contributed by atoms with Crippen molar-refractivity contribution in [3.63, 3.8) is 0 Å². The zero-order valence-electron chi connectivity index (χ0n) is 18.1. The summed E-state index contributed by atoms with van der Waals surface area (Å²) in [6.45, 7) is 2.08. The Morgan fingerprint density at radius 3 is 2.42 bits per heavy atom. The first-order valence-corrected chi connectivity index (χ1v) is 12.1. The Hall–Kier alpha value is -2.92. The molecule has 178 valence electrons. The lowest BCUT2D eigenvalue weighted by molar-refractivity contribution is -0.153. The highest BCUT2D eigenvalue weighted by Crippen LogP contribution is 2.22. The highest BCUT2D eigenvalue weighted by atomic mass is 32.2. The highest BCUT2D eigenvalue weighted by molar-refractivity contribution is 7.91. The number of rotatable bonds is 9. The quantitative estimate of drug-likeness (QED) is 0.502. The van der Waals surface area contributed by atoms with Gasteiger partial charge in [0.2, 0.25) is 0 Å². The van der Waals surface area contributed by atoms with Gasteiger partial charge in [0.25, 0.3) is 5.56 Å². The van der Waals surface area contributed by atoms with E-state index in [0.717, 1.165) is 0 Å². The fraction of sp³-hybridized carbons (Fsp3) is 0.364. The topological polar surface area (TPSA) is 90.3 Å². The van der Waals surface area contributed by atoms with Crippen molar-refractivity contribution in [3.8, 4) is 11.4 Å². The maximum Gasteiger partial charge on any atom is 0.422 e. The van der Waals surface area contributed by atoms with Crippen molar-refractivity contribution in [3.05, 3.63) is 64.7 Å². The summed E-state index contributed by atoms with van der Waals surface area (Å²) in [6, 6.07) is 11.9. The summed E-state index contributed by atoms with van der Waals surface area (Å²) >= 11 is 0. The number of para-hydroxylation sites is 1. The fourth-order valence-corrected chi connectivity index (χ4v) is 3.93. The number of hydrogen-bond donors (Lipinski definition) is 1. The molecule has 1 N–H and O–H groups in total. The van der Waals surface area contributed by atoms with E-state index in [2.05, 4.69) is 10.3 Å². The van der Waals surface area contributed by atoms with Crippen molar-refractivity contribution in [2.24, 2.45) is 0 Å². The van der Waals surface area contributed by atoms with E-state index in [0.29, 0.717) is 22.4 Å². The number of hydrogen-bond acceptors (Lipinski definition) is 6. The molecule has 0 aliphatic carbocycles. The summed E-state index contributed by atoms with van der Waals surface area (Å²) in [4.78, 5) is 17.9. The number of aromatic nitrogens is 2. The van der Waals surface area contributed by atoms with Gasteiger partial charge in [-0.2, -0.15) is 13.2 Å². The van der Waals surface area contributed by atoms with Crippen LogP contribution < -0.4 is 15.6 Å². The van der Waals surface area contributed by atoms with Gasteiger partial charge in [0.15, 0.2) is 16.4 Å². The first kappa shape index (κ1) is 24.7. The third-order valence-corrected chi connectivity index (χ3v) is 6.70. The number of nitrogens with one attached hydrogen (secondary N) is 1. The van der Waals surface area contributed by atoms with Gasteiger partial charge in [-0.25, -0.2) is 13.4 Å². The van der Waals surface area contributed by atoms with Gasteiger partial charge in [0.05, 0.1) is 28.4 Å². The molecule has 0 aliphatic rings. The molecule has 0 spiro atoms. The van der Waals surface area contributed by atoms with Crippen LogP contribution in [0.1, 0.15) is 25.7 Å². The van der Waals surface area contributed by atoms with Gasteiger partial charge < -0.3 is 10.1 Å². The molecule has 0 saturated heterocycles. The summed E-state index contributed by atoms with van der Waals surface area (Å²) in [5.41, 5.74) is 0.519. The zero-order chi connectivity index (χ0) is 24.2. The molecule has 0 bridgehead atoms. The number of fused-ring (bicyclic) bond motifs is 1. The van der Waals surface area contributed by atoms with Gasteiger partial charge in [-0.15, -0.1) is 0 Å². The van der Waals surface area contributed by atoms with Gasteiger partial charge in [-0.1, -0.05) is 19.1 Å². The van der Waals surface area contributed by atoms with Gasteiger partial charge in [-0.3, -0.25) is 9.36 Å². The van der Waals surface area contributed by atoms with Crippen molar-refractivity contribution in [1.82, 2.24) is 14.9 Å². The van der Waals surface area contributed by atoms with Crippen LogP contribution in [-0.2, 0) is 9.84 Å². The van der Waals surface area contributed by atoms with Crippen molar-refractivity contribution in [1.29, 1.82) is 0 Å².